The zero-order valence-corrected chi connectivity index (χ0v) is 19.0. The van der Waals surface area contributed by atoms with Crippen LogP contribution in [0, 0.1) is 0 Å². The van der Waals surface area contributed by atoms with Gasteiger partial charge in [0.2, 0.25) is 0 Å². The Morgan fingerprint density at radius 1 is 0.853 bits per heavy atom. The van der Waals surface area contributed by atoms with Crippen molar-refractivity contribution in [3.63, 3.8) is 0 Å². The third kappa shape index (κ3) is 4.33. The van der Waals surface area contributed by atoms with Gasteiger partial charge in [0.05, 0.1) is 28.9 Å². The van der Waals surface area contributed by atoms with E-state index in [-0.39, 0.29) is 18.4 Å². The summed E-state index contributed by atoms with van der Waals surface area (Å²) in [5, 5.41) is 3.84. The fourth-order valence-corrected chi connectivity index (χ4v) is 5.20. The Labute approximate surface area is 199 Å². The molecule has 9 heteroatoms. The topological polar surface area (TPSA) is 43.9 Å². The number of hydrogen-bond acceptors (Lipinski definition) is 5. The zero-order valence-electron chi connectivity index (χ0n) is 18.2. The number of amides is 2. The molecule has 1 saturated heterocycles. The van der Waals surface area contributed by atoms with Gasteiger partial charge < -0.3 is 4.90 Å². The lowest BCUT2D eigenvalue weighted by atomic mass is 10.1. The van der Waals surface area contributed by atoms with Crippen molar-refractivity contribution < 1.29 is 22.8 Å². The molecule has 2 aliphatic heterocycles. The van der Waals surface area contributed by atoms with Crippen molar-refractivity contribution in [3.8, 4) is 0 Å². The Morgan fingerprint density at radius 3 is 2.32 bits per heavy atom. The first-order chi connectivity index (χ1) is 16.3. The summed E-state index contributed by atoms with van der Waals surface area (Å²) in [6.07, 6.45) is -4.36. The number of anilines is 1. The first-order valence-electron chi connectivity index (χ1n) is 10.9. The maximum absolute atomic E-state index is 13.2. The third-order valence-electron chi connectivity index (χ3n) is 6.27. The van der Waals surface area contributed by atoms with Gasteiger partial charge in [0.1, 0.15) is 0 Å². The molecule has 5 nitrogen and oxygen atoms in total. The zero-order chi connectivity index (χ0) is 23.9. The SMILES string of the molecule is O=C1c2cccc(N3CCN(Cc4cccc(C(F)(F)F)c4)CC3)c2C(=O)N1Cc1ccsc1. The van der Waals surface area contributed by atoms with Crippen LogP contribution in [-0.4, -0.2) is 47.8 Å². The van der Waals surface area contributed by atoms with Gasteiger partial charge in [0.25, 0.3) is 11.8 Å². The van der Waals surface area contributed by atoms with Gasteiger partial charge in [-0.2, -0.15) is 24.5 Å². The van der Waals surface area contributed by atoms with Crippen molar-refractivity contribution in [2.24, 2.45) is 0 Å². The van der Waals surface area contributed by atoms with Crippen LogP contribution in [0.5, 0.6) is 0 Å². The lowest BCUT2D eigenvalue weighted by Gasteiger charge is -2.36. The van der Waals surface area contributed by atoms with Crippen molar-refractivity contribution in [3.05, 3.63) is 87.1 Å². The fourth-order valence-electron chi connectivity index (χ4n) is 4.54. The van der Waals surface area contributed by atoms with Gasteiger partial charge in [0.15, 0.2) is 0 Å². The summed E-state index contributed by atoms with van der Waals surface area (Å²) in [6, 6.07) is 12.7. The van der Waals surface area contributed by atoms with Gasteiger partial charge in [-0.1, -0.05) is 24.3 Å². The normalized spacial score (nSPS) is 16.9. The molecular weight excluding hydrogens is 463 g/mol. The van der Waals surface area contributed by atoms with E-state index < -0.39 is 11.7 Å². The van der Waals surface area contributed by atoms with Gasteiger partial charge in [-0.05, 0) is 46.2 Å². The van der Waals surface area contributed by atoms with Crippen LogP contribution in [0.2, 0.25) is 0 Å². The molecule has 176 valence electrons. The highest BCUT2D eigenvalue weighted by Crippen LogP contribution is 2.34. The Kier molecular flexibility index (Phi) is 5.91. The number of benzene rings is 2. The second-order valence-corrected chi connectivity index (χ2v) is 9.27. The van der Waals surface area contributed by atoms with E-state index in [9.17, 15) is 22.8 Å². The first-order valence-corrected chi connectivity index (χ1v) is 11.9. The highest BCUT2D eigenvalue weighted by Gasteiger charge is 2.39. The number of imide groups is 1. The second-order valence-electron chi connectivity index (χ2n) is 8.49. The Hall–Kier alpha value is -3.17. The molecule has 0 radical (unpaired) electrons. The highest BCUT2D eigenvalue weighted by atomic mass is 32.1. The van der Waals surface area contributed by atoms with E-state index in [1.54, 1.807) is 18.2 Å². The summed E-state index contributed by atoms with van der Waals surface area (Å²) in [6.45, 7) is 3.18. The lowest BCUT2D eigenvalue weighted by Crippen LogP contribution is -2.46. The standard InChI is InChI=1S/C25H22F3N3O2S/c26-25(27,28)19-4-1-3-17(13-19)14-29-8-10-30(11-9-29)21-6-2-5-20-22(21)24(33)31(23(20)32)15-18-7-12-34-16-18/h1-7,12-13,16H,8-11,14-15H2. The van der Waals surface area contributed by atoms with E-state index in [0.717, 1.165) is 17.3 Å². The number of piperazine rings is 1. The van der Waals surface area contributed by atoms with Crippen LogP contribution in [0.25, 0.3) is 0 Å². The Morgan fingerprint density at radius 2 is 1.62 bits per heavy atom. The van der Waals surface area contributed by atoms with Crippen molar-refractivity contribution in [1.29, 1.82) is 0 Å². The molecule has 1 fully saturated rings. The number of nitrogens with zero attached hydrogens (tertiary/aromatic N) is 3. The molecule has 34 heavy (non-hydrogen) atoms. The molecule has 0 aliphatic carbocycles. The van der Waals surface area contributed by atoms with E-state index in [1.807, 2.05) is 22.9 Å². The van der Waals surface area contributed by atoms with E-state index in [1.165, 1.54) is 28.4 Å². The average molecular weight is 486 g/mol. The molecule has 5 rings (SSSR count). The molecule has 3 aromatic rings. The minimum Gasteiger partial charge on any atom is -0.368 e. The number of carbonyl (C=O) groups excluding carboxylic acids is 2. The van der Waals surface area contributed by atoms with E-state index >= 15 is 0 Å². The summed E-state index contributed by atoms with van der Waals surface area (Å²) in [4.78, 5) is 31.6. The molecule has 3 heterocycles. The van der Waals surface area contributed by atoms with Gasteiger partial charge in [-0.3, -0.25) is 19.4 Å². The Balaban J connectivity index is 1.28. The summed E-state index contributed by atoms with van der Waals surface area (Å²) in [5.41, 5.74) is 2.50. The van der Waals surface area contributed by atoms with E-state index in [4.69, 9.17) is 0 Å². The van der Waals surface area contributed by atoms with Crippen LogP contribution >= 0.6 is 11.3 Å². The minimum atomic E-state index is -4.36. The molecule has 2 aliphatic rings. The summed E-state index contributed by atoms with van der Waals surface area (Å²) < 4.78 is 39.0. The quantitative estimate of drug-likeness (QED) is 0.483. The molecule has 0 unspecified atom stereocenters. The maximum Gasteiger partial charge on any atom is 0.416 e. The van der Waals surface area contributed by atoms with Gasteiger partial charge in [0, 0.05) is 32.7 Å². The number of carbonyl (C=O) groups is 2. The summed E-state index contributed by atoms with van der Waals surface area (Å²) >= 11 is 1.52. The number of halogens is 3. The first kappa shape index (κ1) is 22.6. The van der Waals surface area contributed by atoms with Gasteiger partial charge in [-0.25, -0.2) is 0 Å². The summed E-state index contributed by atoms with van der Waals surface area (Å²) in [5.74, 6) is -0.565. The molecule has 0 atom stereocenters. The van der Waals surface area contributed by atoms with Crippen LogP contribution in [0.3, 0.4) is 0 Å². The molecule has 2 aromatic carbocycles. The predicted octanol–water partition coefficient (Wildman–Crippen LogP) is 4.89. The third-order valence-corrected chi connectivity index (χ3v) is 7.00. The van der Waals surface area contributed by atoms with Gasteiger partial charge >= 0.3 is 6.18 Å². The molecule has 0 bridgehead atoms. The minimum absolute atomic E-state index is 0.250. The molecule has 2 amide bonds. The van der Waals surface area contributed by atoms with E-state index in [2.05, 4.69) is 9.80 Å². The van der Waals surface area contributed by atoms with Crippen LogP contribution < -0.4 is 4.90 Å². The average Bonchev–Trinajstić information content (AvgIpc) is 3.42. The molecule has 0 saturated carbocycles. The van der Waals surface area contributed by atoms with Gasteiger partial charge in [-0.15, -0.1) is 0 Å². The molecular formula is C25H22F3N3O2S. The largest absolute Gasteiger partial charge is 0.416 e. The van der Waals surface area contributed by atoms with E-state index in [0.29, 0.717) is 49.4 Å². The van der Waals surface area contributed by atoms with Crippen LogP contribution in [0.1, 0.15) is 37.4 Å². The lowest BCUT2D eigenvalue weighted by molar-refractivity contribution is -0.137. The molecule has 0 spiro atoms. The summed E-state index contributed by atoms with van der Waals surface area (Å²) in [7, 11) is 0. The predicted molar refractivity (Wildman–Crippen MR) is 124 cm³/mol. The van der Waals surface area contributed by atoms with Crippen molar-refractivity contribution in [2.75, 3.05) is 31.1 Å². The number of thiophene rings is 1. The smallest absolute Gasteiger partial charge is 0.368 e. The van der Waals surface area contributed by atoms with Crippen LogP contribution in [0.15, 0.2) is 59.3 Å². The Bertz CT molecular complexity index is 1220. The number of rotatable bonds is 5. The fraction of sp³-hybridized carbons (Fsp3) is 0.280. The number of hydrogen-bond donors (Lipinski definition) is 0. The van der Waals surface area contributed by atoms with Crippen molar-refractivity contribution >= 4 is 28.8 Å². The highest BCUT2D eigenvalue weighted by molar-refractivity contribution is 7.07. The van der Waals surface area contributed by atoms with Crippen LogP contribution in [0.4, 0.5) is 18.9 Å². The number of fused-ring (bicyclic) bond motifs is 1. The number of alkyl halides is 3. The van der Waals surface area contributed by atoms with Crippen molar-refractivity contribution in [1.82, 2.24) is 9.80 Å². The van der Waals surface area contributed by atoms with Crippen LogP contribution in [-0.2, 0) is 19.3 Å². The van der Waals surface area contributed by atoms with Crippen molar-refractivity contribution in [2.45, 2.75) is 19.3 Å². The molecule has 1 aromatic heterocycles. The molecule has 0 N–H and O–H groups in total. The monoisotopic (exact) mass is 485 g/mol. The maximum atomic E-state index is 13.2. The second kappa shape index (κ2) is 8.88.